The fraction of sp³-hybridized carbons (Fsp3) is 0.562. The van der Waals surface area contributed by atoms with E-state index in [9.17, 15) is 4.79 Å². The smallest absolute Gasteiger partial charge is 0.234 e. The van der Waals surface area contributed by atoms with Crippen molar-refractivity contribution in [3.8, 4) is 0 Å². The van der Waals surface area contributed by atoms with Crippen LogP contribution in [0.3, 0.4) is 0 Å². The number of nitrogens with one attached hydrogen (secondary N) is 2. The quantitative estimate of drug-likeness (QED) is 0.851. The monoisotopic (exact) mass is 275 g/mol. The molecular weight excluding hydrogens is 250 g/mol. The number of likely N-dealkylation sites (N-methyl/N-ethyl adjacent to an activating group) is 1. The zero-order valence-electron chi connectivity index (χ0n) is 12.5. The van der Waals surface area contributed by atoms with Gasteiger partial charge in [-0.3, -0.25) is 9.69 Å². The predicted molar refractivity (Wildman–Crippen MR) is 81.5 cm³/mol. The molecule has 0 spiro atoms. The lowest BCUT2D eigenvalue weighted by Crippen LogP contribution is -2.47. The summed E-state index contributed by atoms with van der Waals surface area (Å²) in [6.45, 7) is 5.17. The van der Waals surface area contributed by atoms with Gasteiger partial charge in [0.2, 0.25) is 5.91 Å². The average Bonchev–Trinajstić information content (AvgIpc) is 2.47. The molecule has 1 saturated heterocycles. The van der Waals surface area contributed by atoms with Crippen LogP contribution in [0.25, 0.3) is 0 Å². The van der Waals surface area contributed by atoms with Crippen molar-refractivity contribution in [1.29, 1.82) is 0 Å². The van der Waals surface area contributed by atoms with Gasteiger partial charge in [0.25, 0.3) is 0 Å². The second-order valence-electron chi connectivity index (χ2n) is 5.63. The molecule has 1 aliphatic heterocycles. The van der Waals surface area contributed by atoms with Gasteiger partial charge < -0.3 is 10.6 Å². The van der Waals surface area contributed by atoms with Gasteiger partial charge in [0.05, 0.1) is 6.54 Å². The maximum atomic E-state index is 12.0. The maximum Gasteiger partial charge on any atom is 0.234 e. The van der Waals surface area contributed by atoms with Gasteiger partial charge in [0, 0.05) is 19.1 Å². The number of likely N-dealkylation sites (tertiary alicyclic amines) is 1. The van der Waals surface area contributed by atoms with Gasteiger partial charge in [0.15, 0.2) is 0 Å². The first-order valence-corrected chi connectivity index (χ1v) is 7.39. The number of carbonyl (C=O) groups excluding carboxylic acids is 1. The van der Waals surface area contributed by atoms with Gasteiger partial charge in [-0.05, 0) is 38.9 Å². The van der Waals surface area contributed by atoms with Gasteiger partial charge in [-0.25, -0.2) is 0 Å². The minimum absolute atomic E-state index is 0.113. The first-order chi connectivity index (χ1) is 9.67. The van der Waals surface area contributed by atoms with Gasteiger partial charge >= 0.3 is 0 Å². The van der Waals surface area contributed by atoms with E-state index in [1.54, 1.807) is 0 Å². The van der Waals surface area contributed by atoms with Crippen LogP contribution in [0.5, 0.6) is 0 Å². The fourth-order valence-corrected chi connectivity index (χ4v) is 2.60. The molecule has 2 rings (SSSR count). The normalized spacial score (nSPS) is 19.8. The number of rotatable bonds is 5. The summed E-state index contributed by atoms with van der Waals surface area (Å²) in [4.78, 5) is 14.2. The Kier molecular flexibility index (Phi) is 5.56. The highest BCUT2D eigenvalue weighted by atomic mass is 16.2. The van der Waals surface area contributed by atoms with Crippen molar-refractivity contribution < 1.29 is 4.79 Å². The summed E-state index contributed by atoms with van der Waals surface area (Å²) < 4.78 is 0. The Balaban J connectivity index is 1.73. The molecule has 1 aliphatic rings. The Morgan fingerprint density at radius 3 is 2.80 bits per heavy atom. The summed E-state index contributed by atoms with van der Waals surface area (Å²) >= 11 is 0. The molecule has 2 N–H and O–H groups in total. The summed E-state index contributed by atoms with van der Waals surface area (Å²) in [6, 6.07) is 8.79. The number of amides is 1. The molecule has 0 aliphatic carbocycles. The Hall–Kier alpha value is -1.39. The highest BCUT2D eigenvalue weighted by Gasteiger charge is 2.19. The lowest BCUT2D eigenvalue weighted by Gasteiger charge is -2.31. The standard InChI is InChI=1S/C16H25N3O/c1-13-5-7-14(8-6-13)10-18-16(20)12-19-9-3-4-15(11-19)17-2/h5-8,15,17H,3-4,9-12H2,1-2H3,(H,18,20). The summed E-state index contributed by atoms with van der Waals surface area (Å²) in [5.41, 5.74) is 2.39. The molecule has 1 unspecified atom stereocenters. The average molecular weight is 275 g/mol. The molecule has 1 atom stereocenters. The van der Waals surface area contributed by atoms with E-state index in [-0.39, 0.29) is 5.91 Å². The Bertz CT molecular complexity index is 430. The van der Waals surface area contributed by atoms with Crippen molar-refractivity contribution in [2.45, 2.75) is 32.4 Å². The first-order valence-electron chi connectivity index (χ1n) is 7.39. The Labute approximate surface area is 121 Å². The Morgan fingerprint density at radius 2 is 2.10 bits per heavy atom. The molecule has 0 bridgehead atoms. The topological polar surface area (TPSA) is 44.4 Å². The fourth-order valence-electron chi connectivity index (χ4n) is 2.60. The van der Waals surface area contributed by atoms with Crippen molar-refractivity contribution in [3.05, 3.63) is 35.4 Å². The van der Waals surface area contributed by atoms with Crippen molar-refractivity contribution in [3.63, 3.8) is 0 Å². The third-order valence-corrected chi connectivity index (χ3v) is 3.89. The highest BCUT2D eigenvalue weighted by molar-refractivity contribution is 5.78. The molecule has 1 amide bonds. The van der Waals surface area contributed by atoms with Crippen LogP contribution in [0.15, 0.2) is 24.3 Å². The molecule has 0 radical (unpaired) electrons. The lowest BCUT2D eigenvalue weighted by atomic mass is 10.1. The van der Waals surface area contributed by atoms with Gasteiger partial charge in [-0.2, -0.15) is 0 Å². The van der Waals surface area contributed by atoms with Crippen molar-refractivity contribution in [2.24, 2.45) is 0 Å². The Morgan fingerprint density at radius 1 is 1.35 bits per heavy atom. The summed E-state index contributed by atoms with van der Waals surface area (Å²) in [5, 5.41) is 6.29. The van der Waals surface area contributed by atoms with Crippen molar-refractivity contribution >= 4 is 5.91 Å². The summed E-state index contributed by atoms with van der Waals surface area (Å²) in [7, 11) is 1.99. The van der Waals surface area contributed by atoms with Crippen LogP contribution in [-0.4, -0.2) is 43.5 Å². The van der Waals surface area contributed by atoms with Crippen LogP contribution in [0.4, 0.5) is 0 Å². The van der Waals surface area contributed by atoms with E-state index in [2.05, 4.69) is 46.7 Å². The molecular formula is C16H25N3O. The van der Waals surface area contributed by atoms with Crippen molar-refractivity contribution in [1.82, 2.24) is 15.5 Å². The van der Waals surface area contributed by atoms with E-state index in [0.717, 1.165) is 25.1 Å². The predicted octanol–water partition coefficient (Wildman–Crippen LogP) is 1.30. The minimum atomic E-state index is 0.113. The molecule has 1 aromatic rings. The number of hydrogen-bond donors (Lipinski definition) is 2. The highest BCUT2D eigenvalue weighted by Crippen LogP contribution is 2.09. The van der Waals surface area contributed by atoms with Crippen LogP contribution < -0.4 is 10.6 Å². The minimum Gasteiger partial charge on any atom is -0.351 e. The van der Waals surface area contributed by atoms with Crippen LogP contribution in [0.1, 0.15) is 24.0 Å². The van der Waals surface area contributed by atoms with E-state index in [4.69, 9.17) is 0 Å². The number of piperidine rings is 1. The van der Waals surface area contributed by atoms with E-state index in [1.807, 2.05) is 7.05 Å². The molecule has 0 aromatic heterocycles. The van der Waals surface area contributed by atoms with Gasteiger partial charge in [0.1, 0.15) is 0 Å². The number of nitrogens with zero attached hydrogens (tertiary/aromatic N) is 1. The third-order valence-electron chi connectivity index (χ3n) is 3.89. The van der Waals surface area contributed by atoms with Crippen LogP contribution in [0, 0.1) is 6.92 Å². The number of aryl methyl sites for hydroxylation is 1. The van der Waals surface area contributed by atoms with Crippen molar-refractivity contribution in [2.75, 3.05) is 26.7 Å². The molecule has 1 heterocycles. The van der Waals surface area contributed by atoms with Crippen LogP contribution >= 0.6 is 0 Å². The number of hydrogen-bond acceptors (Lipinski definition) is 3. The number of benzene rings is 1. The molecule has 1 aromatic carbocycles. The molecule has 110 valence electrons. The van der Waals surface area contributed by atoms with E-state index in [0.29, 0.717) is 19.1 Å². The van der Waals surface area contributed by atoms with Gasteiger partial charge in [-0.1, -0.05) is 29.8 Å². The summed E-state index contributed by atoms with van der Waals surface area (Å²) in [6.07, 6.45) is 2.37. The SMILES string of the molecule is CNC1CCCN(CC(=O)NCc2ccc(C)cc2)C1. The molecule has 1 fully saturated rings. The molecule has 0 saturated carbocycles. The second-order valence-corrected chi connectivity index (χ2v) is 5.63. The first kappa shape index (κ1) is 15.0. The zero-order valence-corrected chi connectivity index (χ0v) is 12.5. The molecule has 4 nitrogen and oxygen atoms in total. The van der Waals surface area contributed by atoms with E-state index in [1.165, 1.54) is 12.0 Å². The lowest BCUT2D eigenvalue weighted by molar-refractivity contribution is -0.122. The van der Waals surface area contributed by atoms with Crippen LogP contribution in [-0.2, 0) is 11.3 Å². The zero-order chi connectivity index (χ0) is 14.4. The third kappa shape index (κ3) is 4.62. The number of carbonyl (C=O) groups is 1. The van der Waals surface area contributed by atoms with E-state index < -0.39 is 0 Å². The van der Waals surface area contributed by atoms with E-state index >= 15 is 0 Å². The second kappa shape index (κ2) is 7.41. The largest absolute Gasteiger partial charge is 0.351 e. The maximum absolute atomic E-state index is 12.0. The summed E-state index contributed by atoms with van der Waals surface area (Å²) in [5.74, 6) is 0.113. The van der Waals surface area contributed by atoms with Crippen LogP contribution in [0.2, 0.25) is 0 Å². The molecule has 20 heavy (non-hydrogen) atoms. The van der Waals surface area contributed by atoms with Gasteiger partial charge in [-0.15, -0.1) is 0 Å². The molecule has 4 heteroatoms.